The van der Waals surface area contributed by atoms with Gasteiger partial charge in [-0.2, -0.15) is 5.10 Å². The second kappa shape index (κ2) is 5.73. The summed E-state index contributed by atoms with van der Waals surface area (Å²) in [6.07, 6.45) is 0. The largest absolute Gasteiger partial charge is 0.399 e. The second-order valence-corrected chi connectivity index (χ2v) is 4.33. The van der Waals surface area contributed by atoms with Crippen LogP contribution in [0.25, 0.3) is 10.9 Å². The Morgan fingerprint density at radius 3 is 2.83 bits per heavy atom. The van der Waals surface area contributed by atoms with Crippen LogP contribution >= 0.6 is 0 Å². The fourth-order valence-corrected chi connectivity index (χ4v) is 2.04. The maximum Gasteiger partial charge on any atom is 0.155 e. The Morgan fingerprint density at radius 1 is 1.33 bits per heavy atom. The van der Waals surface area contributed by atoms with E-state index in [9.17, 15) is 0 Å². The molecule has 4 N–H and O–H groups in total. The van der Waals surface area contributed by atoms with E-state index in [1.54, 1.807) is 0 Å². The zero-order valence-corrected chi connectivity index (χ0v) is 11.0. The van der Waals surface area contributed by atoms with Crippen LogP contribution < -0.4 is 11.1 Å². The average Bonchev–Trinajstić information content (AvgIpc) is 2.77. The van der Waals surface area contributed by atoms with Crippen LogP contribution in [0.5, 0.6) is 0 Å². The standard InChI is InChI=1S/C13H21N5/c1-3-18(4-2)8-7-15-13-11-6-5-10(14)9-12(11)16-17-13/h5-6,9H,3-4,7-8,14H2,1-2H3,(H2,15,16,17). The first-order chi connectivity index (χ1) is 8.74. The van der Waals surface area contributed by atoms with E-state index in [0.29, 0.717) is 0 Å². The van der Waals surface area contributed by atoms with Crippen molar-refractivity contribution in [1.82, 2.24) is 15.1 Å². The van der Waals surface area contributed by atoms with Crippen LogP contribution in [0, 0.1) is 0 Å². The van der Waals surface area contributed by atoms with Crippen molar-refractivity contribution in [3.8, 4) is 0 Å². The summed E-state index contributed by atoms with van der Waals surface area (Å²) < 4.78 is 0. The highest BCUT2D eigenvalue weighted by atomic mass is 15.2. The number of hydrogen-bond acceptors (Lipinski definition) is 4. The van der Waals surface area contributed by atoms with Crippen molar-refractivity contribution in [2.45, 2.75) is 13.8 Å². The van der Waals surface area contributed by atoms with Gasteiger partial charge >= 0.3 is 0 Å². The summed E-state index contributed by atoms with van der Waals surface area (Å²) in [4.78, 5) is 2.37. The quantitative estimate of drug-likeness (QED) is 0.682. The van der Waals surface area contributed by atoms with E-state index in [1.165, 1.54) is 0 Å². The van der Waals surface area contributed by atoms with Gasteiger partial charge in [0.25, 0.3) is 0 Å². The topological polar surface area (TPSA) is 70.0 Å². The Kier molecular flexibility index (Phi) is 4.04. The number of H-pyrrole nitrogens is 1. The molecule has 0 bridgehead atoms. The molecule has 0 fully saturated rings. The number of likely N-dealkylation sites (N-methyl/N-ethyl adjacent to an activating group) is 1. The highest BCUT2D eigenvalue weighted by Gasteiger charge is 2.05. The Balaban J connectivity index is 2.00. The molecule has 0 saturated carbocycles. The van der Waals surface area contributed by atoms with Gasteiger partial charge in [-0.05, 0) is 31.3 Å². The lowest BCUT2D eigenvalue weighted by Gasteiger charge is -2.17. The number of hydrogen-bond donors (Lipinski definition) is 3. The predicted molar refractivity (Wildman–Crippen MR) is 76.8 cm³/mol. The summed E-state index contributed by atoms with van der Waals surface area (Å²) in [5, 5.41) is 11.7. The van der Waals surface area contributed by atoms with Gasteiger partial charge in [-0.25, -0.2) is 0 Å². The summed E-state index contributed by atoms with van der Waals surface area (Å²) in [5.74, 6) is 0.900. The van der Waals surface area contributed by atoms with Crippen LogP contribution in [0.15, 0.2) is 18.2 Å². The van der Waals surface area contributed by atoms with E-state index in [0.717, 1.165) is 48.6 Å². The first-order valence-electron chi connectivity index (χ1n) is 6.44. The van der Waals surface area contributed by atoms with Crippen LogP contribution in [0.1, 0.15) is 13.8 Å². The van der Waals surface area contributed by atoms with Gasteiger partial charge in [0.15, 0.2) is 5.82 Å². The van der Waals surface area contributed by atoms with Crippen molar-refractivity contribution in [3.05, 3.63) is 18.2 Å². The average molecular weight is 247 g/mol. The van der Waals surface area contributed by atoms with Gasteiger partial charge in [0, 0.05) is 24.2 Å². The lowest BCUT2D eigenvalue weighted by Crippen LogP contribution is -2.28. The third-order valence-corrected chi connectivity index (χ3v) is 3.20. The van der Waals surface area contributed by atoms with Gasteiger partial charge in [-0.1, -0.05) is 13.8 Å². The molecule has 2 rings (SSSR count). The molecule has 0 amide bonds. The molecule has 1 aromatic heterocycles. The number of nitrogens with one attached hydrogen (secondary N) is 2. The number of benzene rings is 1. The normalized spacial score (nSPS) is 11.3. The molecule has 0 aliphatic heterocycles. The van der Waals surface area contributed by atoms with Crippen LogP contribution in [-0.4, -0.2) is 41.3 Å². The number of nitrogen functional groups attached to an aromatic ring is 1. The van der Waals surface area contributed by atoms with Crippen LogP contribution in [0.4, 0.5) is 11.5 Å². The molecule has 18 heavy (non-hydrogen) atoms. The molecule has 1 heterocycles. The highest BCUT2D eigenvalue weighted by molar-refractivity contribution is 5.91. The van der Waals surface area contributed by atoms with Crippen molar-refractivity contribution < 1.29 is 0 Å². The molecule has 2 aromatic rings. The summed E-state index contributed by atoms with van der Waals surface area (Å²) in [6, 6.07) is 5.79. The number of fused-ring (bicyclic) bond motifs is 1. The molecule has 5 heteroatoms. The molecule has 5 nitrogen and oxygen atoms in total. The number of aromatic amines is 1. The number of aromatic nitrogens is 2. The molecular weight excluding hydrogens is 226 g/mol. The molecule has 0 spiro atoms. The second-order valence-electron chi connectivity index (χ2n) is 4.33. The molecular formula is C13H21N5. The molecule has 0 atom stereocenters. The molecule has 98 valence electrons. The Hall–Kier alpha value is -1.75. The van der Waals surface area contributed by atoms with E-state index in [2.05, 4.69) is 34.3 Å². The highest BCUT2D eigenvalue weighted by Crippen LogP contribution is 2.21. The Bertz CT molecular complexity index is 501. The number of nitrogens with two attached hydrogens (primary N) is 1. The number of anilines is 2. The maximum atomic E-state index is 5.73. The fraction of sp³-hybridized carbons (Fsp3) is 0.462. The summed E-state index contributed by atoms with van der Waals surface area (Å²) in [7, 11) is 0. The molecule has 0 aliphatic carbocycles. The van der Waals surface area contributed by atoms with E-state index in [1.807, 2.05) is 18.2 Å². The summed E-state index contributed by atoms with van der Waals surface area (Å²) >= 11 is 0. The first kappa shape index (κ1) is 12.7. The minimum Gasteiger partial charge on any atom is -0.399 e. The molecule has 0 aliphatic rings. The Labute approximate surface area is 107 Å². The van der Waals surface area contributed by atoms with Crippen LogP contribution in [-0.2, 0) is 0 Å². The van der Waals surface area contributed by atoms with Crippen molar-refractivity contribution in [1.29, 1.82) is 0 Å². The molecule has 0 saturated heterocycles. The number of nitrogens with zero attached hydrogens (tertiary/aromatic N) is 2. The fourth-order valence-electron chi connectivity index (χ4n) is 2.04. The van der Waals surface area contributed by atoms with E-state index in [-0.39, 0.29) is 0 Å². The van der Waals surface area contributed by atoms with Crippen molar-refractivity contribution in [2.75, 3.05) is 37.2 Å². The lowest BCUT2D eigenvalue weighted by atomic mass is 10.2. The molecule has 0 radical (unpaired) electrons. The van der Waals surface area contributed by atoms with Gasteiger partial charge in [0.2, 0.25) is 0 Å². The Morgan fingerprint density at radius 2 is 2.11 bits per heavy atom. The SMILES string of the molecule is CCN(CC)CCNc1n[nH]c2cc(N)ccc12. The summed E-state index contributed by atoms with van der Waals surface area (Å²) in [6.45, 7) is 8.43. The van der Waals surface area contributed by atoms with Crippen molar-refractivity contribution in [2.24, 2.45) is 0 Å². The van der Waals surface area contributed by atoms with Gasteiger partial charge in [-0.3, -0.25) is 5.10 Å². The third-order valence-electron chi connectivity index (χ3n) is 3.20. The van der Waals surface area contributed by atoms with Crippen molar-refractivity contribution in [3.63, 3.8) is 0 Å². The van der Waals surface area contributed by atoms with Gasteiger partial charge in [0.1, 0.15) is 0 Å². The maximum absolute atomic E-state index is 5.73. The predicted octanol–water partition coefficient (Wildman–Crippen LogP) is 1.90. The smallest absolute Gasteiger partial charge is 0.155 e. The van der Waals surface area contributed by atoms with Crippen LogP contribution in [0.2, 0.25) is 0 Å². The number of rotatable bonds is 6. The van der Waals surface area contributed by atoms with E-state index >= 15 is 0 Å². The monoisotopic (exact) mass is 247 g/mol. The van der Waals surface area contributed by atoms with Crippen LogP contribution in [0.3, 0.4) is 0 Å². The molecule has 1 aromatic carbocycles. The lowest BCUT2D eigenvalue weighted by molar-refractivity contribution is 0.316. The zero-order chi connectivity index (χ0) is 13.0. The summed E-state index contributed by atoms with van der Waals surface area (Å²) in [5.41, 5.74) is 7.46. The van der Waals surface area contributed by atoms with E-state index < -0.39 is 0 Å². The van der Waals surface area contributed by atoms with Gasteiger partial charge < -0.3 is 16.0 Å². The zero-order valence-electron chi connectivity index (χ0n) is 11.0. The minimum absolute atomic E-state index is 0.751. The first-order valence-corrected chi connectivity index (χ1v) is 6.44. The van der Waals surface area contributed by atoms with Crippen molar-refractivity contribution >= 4 is 22.4 Å². The third kappa shape index (κ3) is 2.73. The minimum atomic E-state index is 0.751. The molecule has 0 unspecified atom stereocenters. The van der Waals surface area contributed by atoms with Gasteiger partial charge in [-0.15, -0.1) is 0 Å². The van der Waals surface area contributed by atoms with E-state index in [4.69, 9.17) is 5.73 Å². The van der Waals surface area contributed by atoms with Gasteiger partial charge in [0.05, 0.1) is 5.52 Å².